The van der Waals surface area contributed by atoms with E-state index in [-0.39, 0.29) is 0 Å². The molecule has 0 aliphatic heterocycles. The van der Waals surface area contributed by atoms with Gasteiger partial charge >= 0.3 is 0 Å². The smallest absolute Gasteiger partial charge is 0.0284 e. The zero-order valence-electron chi connectivity index (χ0n) is 12.6. The van der Waals surface area contributed by atoms with Gasteiger partial charge < -0.3 is 0 Å². The van der Waals surface area contributed by atoms with E-state index in [9.17, 15) is 0 Å². The summed E-state index contributed by atoms with van der Waals surface area (Å²) in [6.45, 7) is 4.40. The third-order valence-electron chi connectivity index (χ3n) is 6.42. The Bertz CT molecular complexity index is 508. The lowest BCUT2D eigenvalue weighted by Gasteiger charge is -2.21. The number of aryl methyl sites for hydroxylation is 2. The maximum absolute atomic E-state index is 5.91. The fourth-order valence-electron chi connectivity index (χ4n) is 5.49. The molecule has 0 amide bonds. The number of nitrogens with two attached hydrogens (primary N) is 1. The van der Waals surface area contributed by atoms with Gasteiger partial charge in [0.1, 0.15) is 0 Å². The molecule has 1 aromatic rings. The SMILES string of the molecule is Cc1ccc(C)c(CC(NN)C2C3C4CCC(C4)C32)c1. The van der Waals surface area contributed by atoms with Crippen molar-refractivity contribution in [3.63, 3.8) is 0 Å². The highest BCUT2D eigenvalue weighted by Crippen LogP contribution is 2.70. The first-order chi connectivity index (χ1) is 9.69. The van der Waals surface area contributed by atoms with Gasteiger partial charge in [-0.1, -0.05) is 23.8 Å². The van der Waals surface area contributed by atoms with Crippen LogP contribution in [0.15, 0.2) is 18.2 Å². The Morgan fingerprint density at radius 2 is 1.90 bits per heavy atom. The van der Waals surface area contributed by atoms with Crippen LogP contribution in [0.1, 0.15) is 36.0 Å². The highest BCUT2D eigenvalue weighted by atomic mass is 15.2. The van der Waals surface area contributed by atoms with E-state index in [1.54, 1.807) is 0 Å². The van der Waals surface area contributed by atoms with Crippen molar-refractivity contribution in [1.82, 2.24) is 5.43 Å². The Morgan fingerprint density at radius 1 is 1.20 bits per heavy atom. The first-order valence-corrected chi connectivity index (χ1v) is 8.21. The molecule has 3 N–H and O–H groups in total. The summed E-state index contributed by atoms with van der Waals surface area (Å²) < 4.78 is 0. The van der Waals surface area contributed by atoms with E-state index in [0.29, 0.717) is 6.04 Å². The Morgan fingerprint density at radius 3 is 2.55 bits per heavy atom. The Hall–Kier alpha value is -0.860. The molecule has 1 aromatic carbocycles. The molecular formula is C18H26N2. The van der Waals surface area contributed by atoms with Crippen LogP contribution in [0, 0.1) is 43.4 Å². The number of hydrogen-bond acceptors (Lipinski definition) is 2. The summed E-state index contributed by atoms with van der Waals surface area (Å²) in [6.07, 6.45) is 5.60. The molecule has 0 aromatic heterocycles. The first kappa shape index (κ1) is 12.8. The second-order valence-electron chi connectivity index (χ2n) is 7.47. The number of benzene rings is 1. The Labute approximate surface area is 122 Å². The quantitative estimate of drug-likeness (QED) is 0.652. The minimum atomic E-state index is 0.480. The third kappa shape index (κ3) is 1.85. The molecule has 0 heterocycles. The second kappa shape index (κ2) is 4.57. The van der Waals surface area contributed by atoms with Gasteiger partial charge in [0.2, 0.25) is 0 Å². The van der Waals surface area contributed by atoms with Crippen molar-refractivity contribution in [2.75, 3.05) is 0 Å². The van der Waals surface area contributed by atoms with Crippen molar-refractivity contribution in [3.05, 3.63) is 34.9 Å². The van der Waals surface area contributed by atoms with Gasteiger partial charge in [-0.3, -0.25) is 11.3 Å². The van der Waals surface area contributed by atoms with Gasteiger partial charge in [-0.15, -0.1) is 0 Å². The van der Waals surface area contributed by atoms with E-state index in [4.69, 9.17) is 5.84 Å². The normalized spacial score (nSPS) is 38.9. The standard InChI is InChI=1S/C18H26N2/c1-10-3-4-11(2)14(7-10)9-15(20-19)18-16-12-5-6-13(8-12)17(16)18/h3-4,7,12-13,15-18,20H,5-6,8-9,19H2,1-2H3. The van der Waals surface area contributed by atoms with Crippen molar-refractivity contribution in [2.45, 2.75) is 45.6 Å². The molecule has 0 saturated heterocycles. The van der Waals surface area contributed by atoms with E-state index in [0.717, 1.165) is 36.0 Å². The zero-order valence-corrected chi connectivity index (χ0v) is 12.6. The molecule has 5 unspecified atom stereocenters. The molecule has 108 valence electrons. The number of hydrogen-bond donors (Lipinski definition) is 2. The lowest BCUT2D eigenvalue weighted by atomic mass is 9.91. The summed E-state index contributed by atoms with van der Waals surface area (Å²) in [4.78, 5) is 0. The van der Waals surface area contributed by atoms with Crippen LogP contribution in [0.4, 0.5) is 0 Å². The number of rotatable bonds is 4. The average Bonchev–Trinajstić information content (AvgIpc) is 2.87. The second-order valence-corrected chi connectivity index (χ2v) is 7.47. The predicted molar refractivity (Wildman–Crippen MR) is 82.0 cm³/mol. The summed E-state index contributed by atoms with van der Waals surface area (Å²) in [5, 5.41) is 0. The van der Waals surface area contributed by atoms with Crippen LogP contribution in [0.25, 0.3) is 0 Å². The van der Waals surface area contributed by atoms with E-state index in [1.807, 2.05) is 0 Å². The Kier molecular flexibility index (Phi) is 2.94. The molecule has 0 radical (unpaired) electrons. The van der Waals surface area contributed by atoms with Crippen LogP contribution in [0.3, 0.4) is 0 Å². The van der Waals surface area contributed by atoms with Crippen molar-refractivity contribution < 1.29 is 0 Å². The molecule has 2 nitrogen and oxygen atoms in total. The summed E-state index contributed by atoms with van der Waals surface area (Å²) in [6, 6.07) is 7.27. The van der Waals surface area contributed by atoms with Crippen molar-refractivity contribution in [2.24, 2.45) is 35.4 Å². The van der Waals surface area contributed by atoms with Crippen LogP contribution in [-0.2, 0) is 6.42 Å². The highest BCUT2D eigenvalue weighted by molar-refractivity contribution is 5.32. The summed E-state index contributed by atoms with van der Waals surface area (Å²) in [5.41, 5.74) is 7.40. The van der Waals surface area contributed by atoms with Gasteiger partial charge in [0.15, 0.2) is 0 Å². The molecule has 2 bridgehead atoms. The summed E-state index contributed by atoms with van der Waals surface area (Å²) in [7, 11) is 0. The molecule has 3 saturated carbocycles. The van der Waals surface area contributed by atoms with E-state index in [2.05, 4.69) is 37.5 Å². The lowest BCUT2D eigenvalue weighted by molar-refractivity contribution is 0.364. The zero-order chi connectivity index (χ0) is 13.9. The molecule has 2 heteroatoms. The maximum Gasteiger partial charge on any atom is 0.0284 e. The van der Waals surface area contributed by atoms with Crippen LogP contribution < -0.4 is 11.3 Å². The van der Waals surface area contributed by atoms with Crippen molar-refractivity contribution in [1.29, 1.82) is 0 Å². The molecule has 3 aliphatic rings. The van der Waals surface area contributed by atoms with Crippen LogP contribution in [-0.4, -0.2) is 6.04 Å². The molecule has 5 atom stereocenters. The number of fused-ring (bicyclic) bond motifs is 5. The van der Waals surface area contributed by atoms with Gasteiger partial charge in [-0.2, -0.15) is 0 Å². The van der Waals surface area contributed by atoms with E-state index in [1.165, 1.54) is 36.0 Å². The Balaban J connectivity index is 1.51. The molecule has 3 aliphatic carbocycles. The lowest BCUT2D eigenvalue weighted by Crippen LogP contribution is -2.40. The van der Waals surface area contributed by atoms with Gasteiger partial charge in [0.05, 0.1) is 0 Å². The van der Waals surface area contributed by atoms with Gasteiger partial charge in [0, 0.05) is 6.04 Å². The van der Waals surface area contributed by atoms with Crippen LogP contribution in [0.5, 0.6) is 0 Å². The average molecular weight is 270 g/mol. The predicted octanol–water partition coefficient (Wildman–Crippen LogP) is 2.97. The van der Waals surface area contributed by atoms with Gasteiger partial charge in [-0.05, 0) is 80.2 Å². The number of hydrazine groups is 1. The van der Waals surface area contributed by atoms with Crippen LogP contribution in [0.2, 0.25) is 0 Å². The van der Waals surface area contributed by atoms with E-state index >= 15 is 0 Å². The monoisotopic (exact) mass is 270 g/mol. The minimum absolute atomic E-state index is 0.480. The highest BCUT2D eigenvalue weighted by Gasteiger charge is 2.66. The molecule has 0 spiro atoms. The molecule has 3 fully saturated rings. The topological polar surface area (TPSA) is 38.0 Å². The van der Waals surface area contributed by atoms with Gasteiger partial charge in [-0.25, -0.2) is 0 Å². The summed E-state index contributed by atoms with van der Waals surface area (Å²) >= 11 is 0. The molecular weight excluding hydrogens is 244 g/mol. The fraction of sp³-hybridized carbons (Fsp3) is 0.667. The first-order valence-electron chi connectivity index (χ1n) is 8.21. The van der Waals surface area contributed by atoms with Crippen LogP contribution >= 0.6 is 0 Å². The third-order valence-corrected chi connectivity index (χ3v) is 6.42. The minimum Gasteiger partial charge on any atom is -0.271 e. The molecule has 20 heavy (non-hydrogen) atoms. The molecule has 4 rings (SSSR count). The van der Waals surface area contributed by atoms with Gasteiger partial charge in [0.25, 0.3) is 0 Å². The van der Waals surface area contributed by atoms with Crippen molar-refractivity contribution >= 4 is 0 Å². The largest absolute Gasteiger partial charge is 0.271 e. The summed E-state index contributed by atoms with van der Waals surface area (Å²) in [5.74, 6) is 10.8. The maximum atomic E-state index is 5.91. The fourth-order valence-corrected chi connectivity index (χ4v) is 5.49. The number of nitrogens with one attached hydrogen (secondary N) is 1. The van der Waals surface area contributed by atoms with E-state index < -0.39 is 0 Å². The van der Waals surface area contributed by atoms with Crippen molar-refractivity contribution in [3.8, 4) is 0 Å².